The quantitative estimate of drug-likeness (QED) is 0.435. The van der Waals surface area contributed by atoms with Gasteiger partial charge in [0, 0.05) is 30.5 Å². The van der Waals surface area contributed by atoms with Gasteiger partial charge < -0.3 is 19.5 Å². The summed E-state index contributed by atoms with van der Waals surface area (Å²) in [7, 11) is 3.43. The molecule has 0 fully saturated rings. The Bertz CT molecular complexity index is 1300. The van der Waals surface area contributed by atoms with Crippen molar-refractivity contribution in [2.45, 2.75) is 12.8 Å². The van der Waals surface area contributed by atoms with Gasteiger partial charge in [-0.25, -0.2) is 4.98 Å². The maximum atomic E-state index is 12.5. The molecule has 0 unspecified atom stereocenters. The highest BCUT2D eigenvalue weighted by molar-refractivity contribution is 7.13. The Morgan fingerprint density at radius 3 is 2.76 bits per heavy atom. The van der Waals surface area contributed by atoms with E-state index in [9.17, 15) is 4.79 Å². The first kappa shape index (κ1) is 21.0. The van der Waals surface area contributed by atoms with E-state index < -0.39 is 0 Å². The van der Waals surface area contributed by atoms with Crippen LogP contribution >= 0.6 is 11.3 Å². The Balaban J connectivity index is 1.24. The summed E-state index contributed by atoms with van der Waals surface area (Å²) < 4.78 is 17.7. The highest BCUT2D eigenvalue weighted by Crippen LogP contribution is 2.37. The number of aryl methyl sites for hydroxylation is 2. The van der Waals surface area contributed by atoms with Gasteiger partial charge in [-0.05, 0) is 42.3 Å². The van der Waals surface area contributed by atoms with Crippen LogP contribution in [0.5, 0.6) is 17.2 Å². The third-order valence-electron chi connectivity index (χ3n) is 5.34. The number of ether oxygens (including phenoxy) is 3. The molecule has 2 aromatic heterocycles. The zero-order chi connectivity index (χ0) is 22.8. The monoisotopic (exact) mass is 462 g/mol. The minimum Gasteiger partial charge on any atom is -0.497 e. The molecular weight excluding hydrogens is 440 g/mol. The number of nitrogens with one attached hydrogen (secondary N) is 1. The van der Waals surface area contributed by atoms with Crippen LogP contribution in [0.1, 0.15) is 12.0 Å². The molecule has 0 atom stereocenters. The van der Waals surface area contributed by atoms with E-state index in [1.165, 1.54) is 11.3 Å². The largest absolute Gasteiger partial charge is 0.497 e. The first-order valence-electron chi connectivity index (χ1n) is 10.4. The lowest BCUT2D eigenvalue weighted by molar-refractivity contribution is -0.116. The van der Waals surface area contributed by atoms with Gasteiger partial charge in [0.25, 0.3) is 0 Å². The van der Waals surface area contributed by atoms with Crippen LogP contribution in [0.3, 0.4) is 0 Å². The number of methoxy groups -OCH3 is 1. The first-order chi connectivity index (χ1) is 16.1. The predicted octanol–water partition coefficient (Wildman–Crippen LogP) is 4.52. The highest BCUT2D eigenvalue weighted by Gasteiger charge is 2.17. The van der Waals surface area contributed by atoms with Crippen LogP contribution in [0.25, 0.3) is 22.0 Å². The lowest BCUT2D eigenvalue weighted by Gasteiger charge is -2.06. The van der Waals surface area contributed by atoms with Gasteiger partial charge in [0.15, 0.2) is 11.5 Å². The second-order valence-electron chi connectivity index (χ2n) is 7.54. The molecule has 4 aromatic rings. The molecule has 1 aliphatic heterocycles. The fraction of sp³-hybridized carbons (Fsp3) is 0.208. The number of hydrogen-bond acceptors (Lipinski definition) is 7. The number of benzene rings is 2. The molecule has 1 amide bonds. The second-order valence-corrected chi connectivity index (χ2v) is 8.40. The standard InChI is InChI=1S/C24H22N4O4S/c1-28-22(26-23(29)10-5-15-3-7-17(30-2)8-4-15)12-18(27-28)24-25-19(13-33-24)16-6-9-20-21(11-16)32-14-31-20/h3-4,6-9,11-13H,5,10,14H2,1-2H3,(H,26,29). The maximum absolute atomic E-state index is 12.5. The van der Waals surface area contributed by atoms with Crippen LogP contribution < -0.4 is 19.5 Å². The van der Waals surface area contributed by atoms with Gasteiger partial charge in [0.1, 0.15) is 22.3 Å². The summed E-state index contributed by atoms with van der Waals surface area (Å²) in [5, 5.41) is 10.2. The number of hydrogen-bond donors (Lipinski definition) is 1. The molecule has 0 radical (unpaired) electrons. The van der Waals surface area contributed by atoms with Crippen molar-refractivity contribution in [3.8, 4) is 39.2 Å². The fourth-order valence-electron chi connectivity index (χ4n) is 3.52. The number of carbonyl (C=O) groups is 1. The van der Waals surface area contributed by atoms with E-state index in [0.29, 0.717) is 24.4 Å². The highest BCUT2D eigenvalue weighted by atomic mass is 32.1. The molecule has 0 saturated heterocycles. The molecule has 9 heteroatoms. The summed E-state index contributed by atoms with van der Waals surface area (Å²) in [4.78, 5) is 17.2. The van der Waals surface area contributed by atoms with Crippen molar-refractivity contribution >= 4 is 23.1 Å². The van der Waals surface area contributed by atoms with Crippen LogP contribution in [-0.4, -0.2) is 34.6 Å². The minimum absolute atomic E-state index is 0.0689. The maximum Gasteiger partial charge on any atom is 0.231 e. The van der Waals surface area contributed by atoms with Crippen LogP contribution in [0.2, 0.25) is 0 Å². The SMILES string of the molecule is COc1ccc(CCC(=O)Nc2cc(-c3nc(-c4ccc5c(c4)OCO5)cs3)nn2C)cc1. The average Bonchev–Trinajstić information content (AvgIpc) is 3.58. The van der Waals surface area contributed by atoms with E-state index in [1.807, 2.05) is 53.9 Å². The lowest BCUT2D eigenvalue weighted by Crippen LogP contribution is -2.14. The zero-order valence-electron chi connectivity index (χ0n) is 18.2. The minimum atomic E-state index is -0.0689. The van der Waals surface area contributed by atoms with Crippen LogP contribution in [-0.2, 0) is 18.3 Å². The summed E-state index contributed by atoms with van der Waals surface area (Å²) in [5.74, 6) is 2.82. The Morgan fingerprint density at radius 1 is 1.12 bits per heavy atom. The van der Waals surface area contributed by atoms with E-state index in [4.69, 9.17) is 19.2 Å². The van der Waals surface area contributed by atoms with E-state index in [-0.39, 0.29) is 12.7 Å². The Morgan fingerprint density at radius 2 is 1.94 bits per heavy atom. The van der Waals surface area contributed by atoms with Gasteiger partial charge >= 0.3 is 0 Å². The Labute approximate surface area is 194 Å². The Kier molecular flexibility index (Phi) is 5.70. The van der Waals surface area contributed by atoms with Gasteiger partial charge in [-0.1, -0.05) is 12.1 Å². The average molecular weight is 463 g/mol. The lowest BCUT2D eigenvalue weighted by atomic mass is 10.1. The first-order valence-corrected chi connectivity index (χ1v) is 11.3. The fourth-order valence-corrected chi connectivity index (χ4v) is 4.31. The smallest absolute Gasteiger partial charge is 0.231 e. The molecule has 1 aliphatic rings. The third kappa shape index (κ3) is 4.54. The number of thiazole rings is 1. The number of carbonyl (C=O) groups excluding carboxylic acids is 1. The summed E-state index contributed by atoms with van der Waals surface area (Å²) in [6, 6.07) is 15.3. The summed E-state index contributed by atoms with van der Waals surface area (Å²) in [6.07, 6.45) is 1.02. The number of aromatic nitrogens is 3. The van der Waals surface area contributed by atoms with Gasteiger partial charge in [-0.15, -0.1) is 11.3 Å². The van der Waals surface area contributed by atoms with Crippen molar-refractivity contribution < 1.29 is 19.0 Å². The van der Waals surface area contributed by atoms with E-state index in [2.05, 4.69) is 10.4 Å². The number of fused-ring (bicyclic) bond motifs is 1. The zero-order valence-corrected chi connectivity index (χ0v) is 19.0. The van der Waals surface area contributed by atoms with Crippen molar-refractivity contribution in [2.24, 2.45) is 7.05 Å². The van der Waals surface area contributed by atoms with Crippen LogP contribution in [0.15, 0.2) is 53.9 Å². The van der Waals surface area contributed by atoms with Gasteiger partial charge in [-0.2, -0.15) is 5.10 Å². The van der Waals surface area contributed by atoms with Crippen LogP contribution in [0, 0.1) is 0 Å². The molecule has 0 bridgehead atoms. The molecule has 1 N–H and O–H groups in total. The topological polar surface area (TPSA) is 87.5 Å². The molecule has 2 aromatic carbocycles. The molecular formula is C24H22N4O4S. The molecule has 5 rings (SSSR count). The molecule has 8 nitrogen and oxygen atoms in total. The van der Waals surface area contributed by atoms with Gasteiger partial charge in [0.05, 0.1) is 12.8 Å². The van der Waals surface area contributed by atoms with Crippen molar-refractivity contribution in [1.29, 1.82) is 0 Å². The molecule has 168 valence electrons. The molecule has 3 heterocycles. The van der Waals surface area contributed by atoms with Crippen molar-refractivity contribution in [1.82, 2.24) is 14.8 Å². The molecule has 0 saturated carbocycles. The Hall–Kier alpha value is -3.85. The van der Waals surface area contributed by atoms with Gasteiger partial charge in [0.2, 0.25) is 12.7 Å². The van der Waals surface area contributed by atoms with E-state index in [1.54, 1.807) is 18.8 Å². The predicted molar refractivity (Wildman–Crippen MR) is 126 cm³/mol. The summed E-state index contributed by atoms with van der Waals surface area (Å²) >= 11 is 1.50. The number of nitrogens with zero attached hydrogens (tertiary/aromatic N) is 3. The molecule has 0 spiro atoms. The number of amides is 1. The van der Waals surface area contributed by atoms with Gasteiger partial charge in [-0.3, -0.25) is 9.48 Å². The van der Waals surface area contributed by atoms with Crippen molar-refractivity contribution in [3.63, 3.8) is 0 Å². The van der Waals surface area contributed by atoms with Crippen molar-refractivity contribution in [3.05, 3.63) is 59.5 Å². The number of anilines is 1. The molecule has 0 aliphatic carbocycles. The van der Waals surface area contributed by atoms with Crippen LogP contribution in [0.4, 0.5) is 5.82 Å². The van der Waals surface area contributed by atoms with E-state index in [0.717, 1.165) is 39.1 Å². The summed E-state index contributed by atoms with van der Waals surface area (Å²) in [5.41, 5.74) is 3.57. The molecule has 33 heavy (non-hydrogen) atoms. The normalized spacial score (nSPS) is 12.1. The second kappa shape index (κ2) is 8.95. The third-order valence-corrected chi connectivity index (χ3v) is 6.20. The number of rotatable bonds is 7. The summed E-state index contributed by atoms with van der Waals surface area (Å²) in [6.45, 7) is 0.240. The van der Waals surface area contributed by atoms with Crippen molar-refractivity contribution in [2.75, 3.05) is 19.2 Å². The van der Waals surface area contributed by atoms with E-state index >= 15 is 0 Å².